The van der Waals surface area contributed by atoms with Gasteiger partial charge >= 0.3 is 11.8 Å². The first-order valence-electron chi connectivity index (χ1n) is 7.77. The third kappa shape index (κ3) is 3.84. The van der Waals surface area contributed by atoms with Gasteiger partial charge in [-0.15, -0.1) is 0 Å². The lowest BCUT2D eigenvalue weighted by molar-refractivity contribution is -0.136. The number of hydrogen-bond acceptors (Lipinski definition) is 4. The second-order valence-electron chi connectivity index (χ2n) is 5.67. The molecule has 128 valence electrons. The summed E-state index contributed by atoms with van der Waals surface area (Å²) in [7, 11) is 1.94. The lowest BCUT2D eigenvalue weighted by Crippen LogP contribution is -2.37. The van der Waals surface area contributed by atoms with Gasteiger partial charge in [0.2, 0.25) is 0 Å². The summed E-state index contributed by atoms with van der Waals surface area (Å²) in [6, 6.07) is 10.8. The van der Waals surface area contributed by atoms with Gasteiger partial charge in [-0.25, -0.2) is 0 Å². The normalized spacial score (nSPS) is 11.9. The minimum Gasteiger partial charge on any atom is -0.387 e. The van der Waals surface area contributed by atoms with Crippen LogP contribution in [0.15, 0.2) is 55.0 Å². The summed E-state index contributed by atoms with van der Waals surface area (Å²) >= 11 is 0. The predicted octanol–water partition coefficient (Wildman–Crippen LogP) is 1.36. The first-order chi connectivity index (χ1) is 12.0. The van der Waals surface area contributed by atoms with Gasteiger partial charge in [0.25, 0.3) is 0 Å². The van der Waals surface area contributed by atoms with Gasteiger partial charge in [0, 0.05) is 31.5 Å². The molecule has 0 spiro atoms. The zero-order valence-electron chi connectivity index (χ0n) is 13.6. The number of aliphatic hydroxyl groups is 1. The van der Waals surface area contributed by atoms with Gasteiger partial charge in [-0.2, -0.15) is 0 Å². The van der Waals surface area contributed by atoms with E-state index in [1.54, 1.807) is 24.4 Å². The van der Waals surface area contributed by atoms with Crippen molar-refractivity contribution in [3.8, 4) is 0 Å². The Bertz CT molecular complexity index is 905. The van der Waals surface area contributed by atoms with Crippen molar-refractivity contribution in [2.75, 3.05) is 11.9 Å². The van der Waals surface area contributed by atoms with E-state index in [9.17, 15) is 14.7 Å². The summed E-state index contributed by atoms with van der Waals surface area (Å²) in [5.74, 6) is -1.62. The molecule has 3 aromatic rings. The van der Waals surface area contributed by atoms with Crippen LogP contribution >= 0.6 is 0 Å². The first kappa shape index (κ1) is 16.7. The molecule has 0 aliphatic heterocycles. The van der Waals surface area contributed by atoms with Crippen LogP contribution in [0.2, 0.25) is 0 Å². The molecule has 0 radical (unpaired) electrons. The fraction of sp³-hybridized carbons (Fsp3) is 0.167. The molecule has 25 heavy (non-hydrogen) atoms. The monoisotopic (exact) mass is 338 g/mol. The zero-order valence-corrected chi connectivity index (χ0v) is 13.6. The fourth-order valence-electron chi connectivity index (χ4n) is 2.52. The van der Waals surface area contributed by atoms with Crippen molar-refractivity contribution in [2.45, 2.75) is 6.10 Å². The van der Waals surface area contributed by atoms with E-state index in [0.29, 0.717) is 11.3 Å². The average Bonchev–Trinajstić information content (AvgIpc) is 3.00. The summed E-state index contributed by atoms with van der Waals surface area (Å²) < 4.78 is 1.98. The summed E-state index contributed by atoms with van der Waals surface area (Å²) in [6.45, 7) is -0.0579. The SMILES string of the molecule is Cn1ccc2cc(C(O)CNC(=O)C(=O)Nc3cccnc3)ccc21. The van der Waals surface area contributed by atoms with Gasteiger partial charge in [-0.3, -0.25) is 14.6 Å². The van der Waals surface area contributed by atoms with Crippen molar-refractivity contribution >= 4 is 28.4 Å². The fourth-order valence-corrected chi connectivity index (χ4v) is 2.52. The number of fused-ring (bicyclic) bond motifs is 1. The molecule has 0 aliphatic carbocycles. The van der Waals surface area contributed by atoms with Crippen LogP contribution in [-0.2, 0) is 16.6 Å². The number of anilines is 1. The summed E-state index contributed by atoms with van der Waals surface area (Å²) in [5, 5.41) is 16.1. The van der Waals surface area contributed by atoms with Crippen LogP contribution in [-0.4, -0.2) is 33.0 Å². The molecule has 0 fully saturated rings. The molecule has 3 rings (SSSR count). The molecule has 7 heteroatoms. The van der Waals surface area contributed by atoms with E-state index in [4.69, 9.17) is 0 Å². The number of pyridine rings is 1. The first-order valence-corrected chi connectivity index (χ1v) is 7.77. The van der Waals surface area contributed by atoms with E-state index in [1.807, 2.05) is 36.0 Å². The number of carbonyl (C=O) groups excluding carboxylic acids is 2. The van der Waals surface area contributed by atoms with Crippen molar-refractivity contribution in [3.05, 3.63) is 60.6 Å². The van der Waals surface area contributed by atoms with Crippen LogP contribution in [0.3, 0.4) is 0 Å². The van der Waals surface area contributed by atoms with Crippen LogP contribution in [0.5, 0.6) is 0 Å². The molecule has 0 saturated heterocycles. The Balaban J connectivity index is 1.57. The Kier molecular flexibility index (Phi) is 4.76. The number of benzene rings is 1. The van der Waals surface area contributed by atoms with E-state index in [2.05, 4.69) is 15.6 Å². The number of rotatable bonds is 4. The number of nitrogens with zero attached hydrogens (tertiary/aromatic N) is 2. The van der Waals surface area contributed by atoms with Crippen molar-refractivity contribution < 1.29 is 14.7 Å². The standard InChI is InChI=1S/C18H18N4O3/c1-22-8-6-12-9-13(4-5-15(12)22)16(23)11-20-17(24)18(25)21-14-3-2-7-19-10-14/h2-10,16,23H,11H2,1H3,(H,20,24)(H,21,25). The van der Waals surface area contributed by atoms with Gasteiger partial charge in [-0.1, -0.05) is 6.07 Å². The second kappa shape index (κ2) is 7.14. The maximum Gasteiger partial charge on any atom is 0.313 e. The Morgan fingerprint density at radius 3 is 2.84 bits per heavy atom. The van der Waals surface area contributed by atoms with Gasteiger partial charge in [-0.05, 0) is 41.3 Å². The maximum atomic E-state index is 11.8. The number of hydrogen-bond donors (Lipinski definition) is 3. The highest BCUT2D eigenvalue weighted by molar-refractivity contribution is 6.39. The molecule has 2 heterocycles. The van der Waals surface area contributed by atoms with Crippen LogP contribution < -0.4 is 10.6 Å². The smallest absolute Gasteiger partial charge is 0.313 e. The van der Waals surface area contributed by atoms with Crippen LogP contribution in [0.4, 0.5) is 5.69 Å². The molecule has 0 aliphatic rings. The molecule has 7 nitrogen and oxygen atoms in total. The number of aliphatic hydroxyl groups excluding tert-OH is 1. The minimum atomic E-state index is -0.903. The largest absolute Gasteiger partial charge is 0.387 e. The Hall–Kier alpha value is -3.19. The topological polar surface area (TPSA) is 96.2 Å². The lowest BCUT2D eigenvalue weighted by Gasteiger charge is -2.12. The highest BCUT2D eigenvalue weighted by atomic mass is 16.3. The number of amides is 2. The van der Waals surface area contributed by atoms with E-state index in [0.717, 1.165) is 10.9 Å². The number of nitrogens with one attached hydrogen (secondary N) is 2. The summed E-state index contributed by atoms with van der Waals surface area (Å²) in [5.41, 5.74) is 2.15. The summed E-state index contributed by atoms with van der Waals surface area (Å²) in [6.07, 6.45) is 4.04. The number of aryl methyl sites for hydroxylation is 1. The Morgan fingerprint density at radius 1 is 1.24 bits per heavy atom. The highest BCUT2D eigenvalue weighted by Crippen LogP contribution is 2.20. The highest BCUT2D eigenvalue weighted by Gasteiger charge is 2.16. The molecule has 2 aromatic heterocycles. The average molecular weight is 338 g/mol. The molecular weight excluding hydrogens is 320 g/mol. The molecule has 1 atom stereocenters. The molecular formula is C18H18N4O3. The van der Waals surface area contributed by atoms with Crippen molar-refractivity contribution in [1.82, 2.24) is 14.9 Å². The third-order valence-corrected chi connectivity index (χ3v) is 3.88. The van der Waals surface area contributed by atoms with Crippen molar-refractivity contribution in [3.63, 3.8) is 0 Å². The lowest BCUT2D eigenvalue weighted by atomic mass is 10.1. The van der Waals surface area contributed by atoms with E-state index >= 15 is 0 Å². The number of carbonyl (C=O) groups is 2. The van der Waals surface area contributed by atoms with Crippen LogP contribution in [0.1, 0.15) is 11.7 Å². The van der Waals surface area contributed by atoms with Crippen LogP contribution in [0, 0.1) is 0 Å². The molecule has 1 aromatic carbocycles. The molecule has 3 N–H and O–H groups in total. The quantitative estimate of drug-likeness (QED) is 0.626. The minimum absolute atomic E-state index is 0.0579. The van der Waals surface area contributed by atoms with Gasteiger partial charge in [0.1, 0.15) is 0 Å². The molecule has 0 bridgehead atoms. The Morgan fingerprint density at radius 2 is 2.08 bits per heavy atom. The molecule has 0 saturated carbocycles. The molecule has 2 amide bonds. The third-order valence-electron chi connectivity index (χ3n) is 3.88. The number of aromatic nitrogens is 2. The van der Waals surface area contributed by atoms with E-state index < -0.39 is 17.9 Å². The van der Waals surface area contributed by atoms with Gasteiger partial charge < -0.3 is 20.3 Å². The van der Waals surface area contributed by atoms with Crippen molar-refractivity contribution in [1.29, 1.82) is 0 Å². The van der Waals surface area contributed by atoms with Gasteiger partial charge in [0.05, 0.1) is 18.0 Å². The van der Waals surface area contributed by atoms with E-state index in [1.165, 1.54) is 6.20 Å². The van der Waals surface area contributed by atoms with Gasteiger partial charge in [0.15, 0.2) is 0 Å². The van der Waals surface area contributed by atoms with Crippen molar-refractivity contribution in [2.24, 2.45) is 7.05 Å². The molecule has 1 unspecified atom stereocenters. The van der Waals surface area contributed by atoms with E-state index in [-0.39, 0.29) is 6.54 Å². The summed E-state index contributed by atoms with van der Waals surface area (Å²) in [4.78, 5) is 27.5. The van der Waals surface area contributed by atoms with Crippen LogP contribution in [0.25, 0.3) is 10.9 Å². The second-order valence-corrected chi connectivity index (χ2v) is 5.67. The Labute approximate surface area is 144 Å². The predicted molar refractivity (Wildman–Crippen MR) is 93.8 cm³/mol. The zero-order chi connectivity index (χ0) is 17.8. The maximum absolute atomic E-state index is 11.8.